The molecule has 0 spiro atoms. The fourth-order valence-electron chi connectivity index (χ4n) is 3.44. The molecule has 24 heavy (non-hydrogen) atoms. The molecule has 1 rings (SSSR count). The highest BCUT2D eigenvalue weighted by Gasteiger charge is 2.35. The van der Waals surface area contributed by atoms with E-state index < -0.39 is 5.60 Å². The van der Waals surface area contributed by atoms with Crippen LogP contribution in [-0.2, 0) is 4.74 Å². The molecule has 5 nitrogen and oxygen atoms in total. The van der Waals surface area contributed by atoms with Gasteiger partial charge in [-0.25, -0.2) is 4.79 Å². The van der Waals surface area contributed by atoms with Crippen LogP contribution in [0.2, 0.25) is 0 Å². The van der Waals surface area contributed by atoms with Crippen LogP contribution in [0.1, 0.15) is 79.6 Å². The predicted molar refractivity (Wildman–Crippen MR) is 98.2 cm³/mol. The lowest BCUT2D eigenvalue weighted by molar-refractivity contribution is 0.0483. The number of aliphatic hydroxyl groups is 1. The molecule has 1 aliphatic rings. The molecule has 0 aliphatic heterocycles. The van der Waals surface area contributed by atoms with E-state index in [0.29, 0.717) is 6.54 Å². The van der Waals surface area contributed by atoms with Gasteiger partial charge < -0.3 is 20.5 Å². The van der Waals surface area contributed by atoms with E-state index in [-0.39, 0.29) is 23.7 Å². The van der Waals surface area contributed by atoms with Crippen LogP contribution < -0.4 is 10.6 Å². The highest BCUT2D eigenvalue weighted by atomic mass is 16.6. The standard InChI is InChI=1S/C19H38N2O3/c1-6-19(7-2,14-20-16(23)24-17(3,4)5)21-13-18(15-22)11-9-8-10-12-18/h21-22H,6-15H2,1-5H3,(H,20,23). The van der Waals surface area contributed by atoms with Gasteiger partial charge in [0.1, 0.15) is 5.60 Å². The quantitative estimate of drug-likeness (QED) is 0.630. The molecule has 0 saturated heterocycles. The lowest BCUT2D eigenvalue weighted by atomic mass is 9.74. The first-order valence-electron chi connectivity index (χ1n) is 9.52. The van der Waals surface area contributed by atoms with Crippen molar-refractivity contribution >= 4 is 6.09 Å². The number of carbonyl (C=O) groups excluding carboxylic acids is 1. The molecular weight excluding hydrogens is 304 g/mol. The monoisotopic (exact) mass is 342 g/mol. The van der Waals surface area contributed by atoms with Crippen LogP contribution in [0.5, 0.6) is 0 Å². The van der Waals surface area contributed by atoms with Crippen LogP contribution in [0.4, 0.5) is 4.79 Å². The topological polar surface area (TPSA) is 70.6 Å². The van der Waals surface area contributed by atoms with Crippen molar-refractivity contribution in [3.8, 4) is 0 Å². The summed E-state index contributed by atoms with van der Waals surface area (Å²) >= 11 is 0. The molecule has 0 unspecified atom stereocenters. The number of aliphatic hydroxyl groups excluding tert-OH is 1. The summed E-state index contributed by atoms with van der Waals surface area (Å²) in [6.45, 7) is 11.5. The Morgan fingerprint density at radius 3 is 2.17 bits per heavy atom. The first-order valence-corrected chi connectivity index (χ1v) is 9.52. The van der Waals surface area contributed by atoms with Gasteiger partial charge in [0.05, 0.1) is 0 Å². The normalized spacial score (nSPS) is 18.2. The Hall–Kier alpha value is -0.810. The predicted octanol–water partition coefficient (Wildman–Crippen LogP) is 3.60. The number of ether oxygens (including phenoxy) is 1. The number of carbonyl (C=O) groups is 1. The third-order valence-corrected chi connectivity index (χ3v) is 5.41. The highest BCUT2D eigenvalue weighted by molar-refractivity contribution is 5.67. The van der Waals surface area contributed by atoms with E-state index in [9.17, 15) is 9.90 Å². The van der Waals surface area contributed by atoms with E-state index in [0.717, 1.165) is 32.2 Å². The highest BCUT2D eigenvalue weighted by Crippen LogP contribution is 2.36. The van der Waals surface area contributed by atoms with E-state index in [1.54, 1.807) is 0 Å². The zero-order valence-electron chi connectivity index (χ0n) is 16.3. The van der Waals surface area contributed by atoms with Crippen LogP contribution in [0.15, 0.2) is 0 Å². The lowest BCUT2D eigenvalue weighted by Crippen LogP contribution is -2.56. The molecule has 1 aliphatic carbocycles. The molecule has 0 aromatic rings. The SMILES string of the molecule is CCC(CC)(CNC(=O)OC(C)(C)C)NCC1(CO)CCCCC1. The van der Waals surface area contributed by atoms with Crippen LogP contribution in [0.25, 0.3) is 0 Å². The van der Waals surface area contributed by atoms with Crippen molar-refractivity contribution in [3.63, 3.8) is 0 Å². The van der Waals surface area contributed by atoms with Crippen LogP contribution >= 0.6 is 0 Å². The number of alkyl carbamates (subject to hydrolysis) is 1. The molecule has 3 N–H and O–H groups in total. The largest absolute Gasteiger partial charge is 0.444 e. The molecule has 142 valence electrons. The maximum Gasteiger partial charge on any atom is 0.407 e. The lowest BCUT2D eigenvalue weighted by Gasteiger charge is -2.41. The number of hydrogen-bond acceptors (Lipinski definition) is 4. The second-order valence-electron chi connectivity index (χ2n) is 8.42. The van der Waals surface area contributed by atoms with Gasteiger partial charge in [-0.15, -0.1) is 0 Å². The number of hydrogen-bond donors (Lipinski definition) is 3. The van der Waals surface area contributed by atoms with Gasteiger partial charge in [0.2, 0.25) is 0 Å². The maximum atomic E-state index is 12.0. The fraction of sp³-hybridized carbons (Fsp3) is 0.947. The molecule has 0 atom stereocenters. The Labute approximate surface area is 147 Å². The second kappa shape index (κ2) is 9.04. The van der Waals surface area contributed by atoms with Crippen LogP contribution in [0, 0.1) is 5.41 Å². The van der Waals surface area contributed by atoms with Crippen molar-refractivity contribution in [1.29, 1.82) is 0 Å². The van der Waals surface area contributed by atoms with Gasteiger partial charge in [0.15, 0.2) is 0 Å². The first kappa shape index (κ1) is 21.2. The molecule has 1 fully saturated rings. The van der Waals surface area contributed by atoms with E-state index in [4.69, 9.17) is 4.74 Å². The minimum atomic E-state index is -0.484. The van der Waals surface area contributed by atoms with E-state index in [2.05, 4.69) is 24.5 Å². The molecule has 0 bridgehead atoms. The van der Waals surface area contributed by atoms with Crippen molar-refractivity contribution in [3.05, 3.63) is 0 Å². The van der Waals surface area contributed by atoms with Gasteiger partial charge in [0.25, 0.3) is 0 Å². The van der Waals surface area contributed by atoms with E-state index in [1.165, 1.54) is 19.3 Å². The smallest absolute Gasteiger partial charge is 0.407 e. The summed E-state index contributed by atoms with van der Waals surface area (Å²) in [5.41, 5.74) is -0.641. The Bertz CT molecular complexity index is 381. The molecule has 0 aromatic carbocycles. The van der Waals surface area contributed by atoms with Crippen molar-refractivity contribution in [2.75, 3.05) is 19.7 Å². The third-order valence-electron chi connectivity index (χ3n) is 5.41. The molecule has 1 amide bonds. The maximum absolute atomic E-state index is 12.0. The summed E-state index contributed by atoms with van der Waals surface area (Å²) in [6.07, 6.45) is 7.30. The molecular formula is C19H38N2O3. The van der Waals surface area contributed by atoms with Gasteiger partial charge >= 0.3 is 6.09 Å². The zero-order chi connectivity index (χ0) is 18.3. The minimum Gasteiger partial charge on any atom is -0.444 e. The molecule has 0 radical (unpaired) electrons. The second-order valence-corrected chi connectivity index (χ2v) is 8.42. The Kier molecular flexibility index (Phi) is 8.00. The van der Waals surface area contributed by atoms with Gasteiger partial charge in [-0.05, 0) is 46.5 Å². The average molecular weight is 343 g/mol. The van der Waals surface area contributed by atoms with Gasteiger partial charge in [-0.1, -0.05) is 33.1 Å². The van der Waals surface area contributed by atoms with Crippen molar-refractivity contribution in [2.24, 2.45) is 5.41 Å². The van der Waals surface area contributed by atoms with Crippen molar-refractivity contribution in [2.45, 2.75) is 90.7 Å². The summed E-state index contributed by atoms with van der Waals surface area (Å²) in [5, 5.41) is 16.5. The van der Waals surface area contributed by atoms with E-state index >= 15 is 0 Å². The summed E-state index contributed by atoms with van der Waals surface area (Å²) in [6, 6.07) is 0. The van der Waals surface area contributed by atoms with Crippen molar-refractivity contribution in [1.82, 2.24) is 10.6 Å². The minimum absolute atomic E-state index is 0.000240. The summed E-state index contributed by atoms with van der Waals surface area (Å²) in [5.74, 6) is 0. The van der Waals surface area contributed by atoms with Gasteiger partial charge in [-0.2, -0.15) is 0 Å². The number of nitrogens with one attached hydrogen (secondary N) is 2. The van der Waals surface area contributed by atoms with Crippen molar-refractivity contribution < 1.29 is 14.6 Å². The number of rotatable bonds is 8. The third kappa shape index (κ3) is 6.60. The van der Waals surface area contributed by atoms with Crippen LogP contribution in [0.3, 0.4) is 0 Å². The van der Waals surface area contributed by atoms with E-state index in [1.807, 2.05) is 20.8 Å². The molecule has 0 aromatic heterocycles. The summed E-state index contributed by atoms with van der Waals surface area (Å²) in [7, 11) is 0. The fourth-order valence-corrected chi connectivity index (χ4v) is 3.44. The molecule has 0 heterocycles. The summed E-state index contributed by atoms with van der Waals surface area (Å²) < 4.78 is 5.34. The van der Waals surface area contributed by atoms with Crippen LogP contribution in [-0.4, -0.2) is 42.0 Å². The molecule has 1 saturated carbocycles. The summed E-state index contributed by atoms with van der Waals surface area (Å²) in [4.78, 5) is 12.0. The Morgan fingerprint density at radius 2 is 1.71 bits per heavy atom. The number of amides is 1. The first-order chi connectivity index (χ1) is 11.2. The molecule has 5 heteroatoms. The van der Waals surface area contributed by atoms with Gasteiger partial charge in [0, 0.05) is 30.7 Å². The van der Waals surface area contributed by atoms with Gasteiger partial charge in [-0.3, -0.25) is 0 Å². The average Bonchev–Trinajstić information content (AvgIpc) is 2.55. The zero-order valence-corrected chi connectivity index (χ0v) is 16.3. The Morgan fingerprint density at radius 1 is 1.12 bits per heavy atom. The Balaban J connectivity index is 2.61.